The Bertz CT molecular complexity index is 1060. The van der Waals surface area contributed by atoms with E-state index in [1.807, 2.05) is 27.7 Å². The molecule has 0 spiro atoms. The molecule has 230 valence electrons. The summed E-state index contributed by atoms with van der Waals surface area (Å²) in [5.41, 5.74) is 2.89. The van der Waals surface area contributed by atoms with Crippen LogP contribution in [0.5, 0.6) is 0 Å². The molecule has 0 aromatic heterocycles. The molecule has 0 fully saturated rings. The fourth-order valence-electron chi connectivity index (χ4n) is 5.68. The summed E-state index contributed by atoms with van der Waals surface area (Å²) >= 11 is 0. The van der Waals surface area contributed by atoms with E-state index in [1.54, 1.807) is 17.9 Å². The van der Waals surface area contributed by atoms with Gasteiger partial charge in [-0.25, -0.2) is 8.78 Å². The molecular weight excluding hydrogens is 530 g/mol. The normalized spacial score (nSPS) is 22.9. The van der Waals surface area contributed by atoms with Crippen LogP contribution in [0.4, 0.5) is 8.78 Å². The predicted molar refractivity (Wildman–Crippen MR) is 156 cm³/mol. The predicted octanol–water partition coefficient (Wildman–Crippen LogP) is 3.47. The van der Waals surface area contributed by atoms with Gasteiger partial charge in [-0.1, -0.05) is 39.8 Å². The monoisotopic (exact) mass is 578 g/mol. The molecule has 1 unspecified atom stereocenters. The maximum Gasteiger partial charge on any atom is 0.236 e. The van der Waals surface area contributed by atoms with E-state index in [4.69, 9.17) is 5.73 Å². The smallest absolute Gasteiger partial charge is 0.236 e. The molecule has 0 saturated carbocycles. The first kappa shape index (κ1) is 34.4. The van der Waals surface area contributed by atoms with Crippen LogP contribution in [0.15, 0.2) is 30.4 Å². The molecule has 10 heteroatoms. The van der Waals surface area contributed by atoms with E-state index in [0.29, 0.717) is 51.4 Å². The summed E-state index contributed by atoms with van der Waals surface area (Å²) in [5.74, 6) is -2.60. The molecule has 5 N–H and O–H groups in total. The lowest BCUT2D eigenvalue weighted by molar-refractivity contribution is -0.162. The minimum Gasteiger partial charge on any atom is -0.391 e. The molecule has 0 bridgehead atoms. The molecule has 1 aliphatic rings. The van der Waals surface area contributed by atoms with Crippen LogP contribution in [0.25, 0.3) is 0 Å². The summed E-state index contributed by atoms with van der Waals surface area (Å²) in [4.78, 5) is 41.4. The zero-order valence-corrected chi connectivity index (χ0v) is 25.1. The van der Waals surface area contributed by atoms with Gasteiger partial charge in [0.15, 0.2) is 0 Å². The highest BCUT2D eigenvalue weighted by Gasteiger charge is 2.58. The number of aliphatic hydroxyl groups excluding tert-OH is 1. The van der Waals surface area contributed by atoms with E-state index < -0.39 is 40.5 Å². The van der Waals surface area contributed by atoms with Gasteiger partial charge in [0.1, 0.15) is 11.6 Å². The van der Waals surface area contributed by atoms with Gasteiger partial charge in [0, 0.05) is 25.7 Å². The summed E-state index contributed by atoms with van der Waals surface area (Å²) < 4.78 is 28.1. The summed E-state index contributed by atoms with van der Waals surface area (Å²) in [6.07, 6.45) is 3.58. The van der Waals surface area contributed by atoms with Crippen molar-refractivity contribution in [1.29, 1.82) is 0 Å². The fourth-order valence-corrected chi connectivity index (χ4v) is 5.68. The molecule has 1 aliphatic carbocycles. The van der Waals surface area contributed by atoms with E-state index in [2.05, 4.69) is 10.6 Å². The number of nitrogens with zero attached hydrogens (tertiary/aromatic N) is 1. The molecule has 4 atom stereocenters. The summed E-state index contributed by atoms with van der Waals surface area (Å²) in [6, 6.07) is 2.47. The number of carbonyl (C=O) groups is 3. The van der Waals surface area contributed by atoms with Gasteiger partial charge in [-0.15, -0.1) is 0 Å². The zero-order valence-electron chi connectivity index (χ0n) is 25.1. The standard InChI is InChI=1S/C31H48F2N4O4/c1-6-14-37(15-7-2)29(41)30(12-9-13-35-22(5)26(38)36-20-21(3)4)10-8-11-31(27(30)39,28(34)40)19-23-16-24(32)18-25(33)17-23/h8,11,16-18,21-22,27,35,39H,6-7,9-10,12-15,19-20H2,1-5H3,(H2,34,40)(H,36,38)/t22-,27+,30?,31+/m0/s1. The number of nitrogens with two attached hydrogens (primary N) is 1. The van der Waals surface area contributed by atoms with Gasteiger partial charge >= 0.3 is 0 Å². The van der Waals surface area contributed by atoms with Crippen molar-refractivity contribution >= 4 is 17.7 Å². The largest absolute Gasteiger partial charge is 0.391 e. The van der Waals surface area contributed by atoms with Crippen molar-refractivity contribution in [3.63, 3.8) is 0 Å². The van der Waals surface area contributed by atoms with Crippen LogP contribution >= 0.6 is 0 Å². The lowest BCUT2D eigenvalue weighted by Crippen LogP contribution is -2.61. The molecule has 2 rings (SSSR count). The van der Waals surface area contributed by atoms with Crippen LogP contribution in [-0.2, 0) is 20.8 Å². The Morgan fingerprint density at radius 2 is 1.71 bits per heavy atom. The van der Waals surface area contributed by atoms with Gasteiger partial charge in [-0.2, -0.15) is 0 Å². The number of amides is 3. The number of nitrogens with one attached hydrogen (secondary N) is 2. The van der Waals surface area contributed by atoms with Gasteiger partial charge in [-0.3, -0.25) is 14.4 Å². The molecular formula is C31H48F2N4O4. The first-order valence-corrected chi connectivity index (χ1v) is 14.7. The Hall–Kier alpha value is -2.85. The van der Waals surface area contributed by atoms with E-state index in [-0.39, 0.29) is 36.6 Å². The Balaban J connectivity index is 2.40. The van der Waals surface area contributed by atoms with Crippen LogP contribution < -0.4 is 16.4 Å². The van der Waals surface area contributed by atoms with E-state index >= 15 is 0 Å². The van der Waals surface area contributed by atoms with Crippen LogP contribution in [0.1, 0.15) is 72.3 Å². The highest BCUT2D eigenvalue weighted by molar-refractivity contribution is 5.89. The van der Waals surface area contributed by atoms with Crippen LogP contribution in [0.2, 0.25) is 0 Å². The third kappa shape index (κ3) is 8.58. The van der Waals surface area contributed by atoms with Gasteiger partial charge in [0.2, 0.25) is 17.7 Å². The number of allylic oxidation sites excluding steroid dienone is 1. The Labute approximate surface area is 243 Å². The van der Waals surface area contributed by atoms with Crippen molar-refractivity contribution in [2.24, 2.45) is 22.5 Å². The molecule has 3 amide bonds. The molecule has 1 aromatic carbocycles. The van der Waals surface area contributed by atoms with Gasteiger partial charge in [0.25, 0.3) is 0 Å². The third-order valence-electron chi connectivity index (χ3n) is 7.81. The average molecular weight is 579 g/mol. The molecule has 0 aliphatic heterocycles. The highest BCUT2D eigenvalue weighted by atomic mass is 19.1. The van der Waals surface area contributed by atoms with E-state index in [0.717, 1.165) is 18.2 Å². The Morgan fingerprint density at radius 1 is 1.10 bits per heavy atom. The number of carbonyl (C=O) groups excluding carboxylic acids is 3. The number of hydrogen-bond acceptors (Lipinski definition) is 5. The maximum atomic E-state index is 14.2. The summed E-state index contributed by atoms with van der Waals surface area (Å²) in [5, 5.41) is 18.1. The van der Waals surface area contributed by atoms with Crippen molar-refractivity contribution in [3.8, 4) is 0 Å². The molecule has 0 saturated heterocycles. The van der Waals surface area contributed by atoms with Gasteiger partial charge in [0.05, 0.1) is 23.0 Å². The van der Waals surface area contributed by atoms with Gasteiger partial charge < -0.3 is 26.4 Å². The van der Waals surface area contributed by atoms with Crippen molar-refractivity contribution in [2.75, 3.05) is 26.2 Å². The lowest BCUT2D eigenvalue weighted by atomic mass is 9.58. The second-order valence-electron chi connectivity index (χ2n) is 11.7. The van der Waals surface area contributed by atoms with Crippen molar-refractivity contribution < 1.29 is 28.3 Å². The first-order chi connectivity index (χ1) is 19.3. The van der Waals surface area contributed by atoms with Crippen molar-refractivity contribution in [3.05, 3.63) is 47.5 Å². The highest BCUT2D eigenvalue weighted by Crippen LogP contribution is 2.48. The lowest BCUT2D eigenvalue weighted by Gasteiger charge is -2.49. The quantitative estimate of drug-likeness (QED) is 0.177. The molecule has 1 aromatic rings. The third-order valence-corrected chi connectivity index (χ3v) is 7.81. The topological polar surface area (TPSA) is 125 Å². The van der Waals surface area contributed by atoms with E-state index in [1.165, 1.54) is 6.08 Å². The second kappa shape index (κ2) is 15.4. The average Bonchev–Trinajstić information content (AvgIpc) is 2.90. The number of halogens is 2. The fraction of sp³-hybridized carbons (Fsp3) is 0.645. The number of primary amides is 1. The molecule has 0 radical (unpaired) electrons. The van der Waals surface area contributed by atoms with Crippen molar-refractivity contribution in [1.82, 2.24) is 15.5 Å². The molecule has 8 nitrogen and oxygen atoms in total. The minimum absolute atomic E-state index is 0.128. The van der Waals surface area contributed by atoms with Crippen LogP contribution in [0, 0.1) is 28.4 Å². The molecule has 0 heterocycles. The first-order valence-electron chi connectivity index (χ1n) is 14.7. The van der Waals surface area contributed by atoms with Crippen LogP contribution in [0.3, 0.4) is 0 Å². The van der Waals surface area contributed by atoms with Gasteiger partial charge in [-0.05, 0) is 75.6 Å². The Morgan fingerprint density at radius 3 is 2.24 bits per heavy atom. The minimum atomic E-state index is -1.75. The summed E-state index contributed by atoms with van der Waals surface area (Å²) in [7, 11) is 0. The number of hydrogen-bond donors (Lipinski definition) is 4. The van der Waals surface area contributed by atoms with Crippen LogP contribution in [-0.4, -0.2) is 66.1 Å². The second-order valence-corrected chi connectivity index (χ2v) is 11.7. The Kier molecular flexibility index (Phi) is 12.9. The van der Waals surface area contributed by atoms with E-state index in [9.17, 15) is 28.3 Å². The SMILES string of the molecule is CCCN(CCC)C(=O)C1(CCCN[C@@H](C)C(=O)NCC(C)C)CC=C[C@](Cc2cc(F)cc(F)c2)(C(N)=O)[C@@H]1O. The van der Waals surface area contributed by atoms with Crippen molar-refractivity contribution in [2.45, 2.75) is 85.3 Å². The number of aliphatic hydroxyl groups is 1. The molecule has 41 heavy (non-hydrogen) atoms. The number of benzene rings is 1. The zero-order chi connectivity index (χ0) is 30.8. The number of rotatable bonds is 16. The summed E-state index contributed by atoms with van der Waals surface area (Å²) in [6.45, 7) is 11.6. The maximum absolute atomic E-state index is 14.2.